The molecule has 0 unspecified atom stereocenters. The van der Waals surface area contributed by atoms with E-state index in [-0.39, 0.29) is 5.97 Å². The number of piperidine rings is 1. The minimum atomic E-state index is -0.165. The second-order valence-electron chi connectivity index (χ2n) is 6.66. The fraction of sp³-hybridized carbons (Fsp3) is 0.476. The van der Waals surface area contributed by atoms with Gasteiger partial charge >= 0.3 is 5.97 Å². The molecule has 2 aliphatic rings. The first-order chi connectivity index (χ1) is 11.7. The number of hydrogen-bond acceptors (Lipinski definition) is 3. The Labute approximate surface area is 145 Å². The van der Waals surface area contributed by atoms with Crippen molar-refractivity contribution in [2.75, 3.05) is 19.7 Å². The number of carbonyl (C=O) groups excluding carboxylic acids is 1. The lowest BCUT2D eigenvalue weighted by Gasteiger charge is -2.33. The van der Waals surface area contributed by atoms with E-state index in [2.05, 4.69) is 42.2 Å². The standard InChI is InChI=1S/C21H27NO2/c1-3-24-21(23)19-12-11-18(22-13-5-4-6-14-22)15-20(19)17-9-7-16(2)8-10-17/h7-10,15H,3-6,11-14H2,1-2H3. The van der Waals surface area contributed by atoms with E-state index in [4.69, 9.17) is 4.74 Å². The van der Waals surface area contributed by atoms with E-state index in [1.807, 2.05) is 6.92 Å². The summed E-state index contributed by atoms with van der Waals surface area (Å²) in [6, 6.07) is 8.43. The molecule has 0 atom stereocenters. The lowest BCUT2D eigenvalue weighted by molar-refractivity contribution is -0.138. The van der Waals surface area contributed by atoms with Crippen LogP contribution in [0.15, 0.2) is 41.6 Å². The van der Waals surface area contributed by atoms with Crippen molar-refractivity contribution in [2.45, 2.75) is 46.0 Å². The van der Waals surface area contributed by atoms with Crippen molar-refractivity contribution in [1.29, 1.82) is 0 Å². The number of nitrogens with zero attached hydrogens (tertiary/aromatic N) is 1. The Bertz CT molecular complexity index is 649. The molecule has 1 aliphatic heterocycles. The van der Waals surface area contributed by atoms with Crippen LogP contribution in [0.5, 0.6) is 0 Å². The van der Waals surface area contributed by atoms with Crippen molar-refractivity contribution in [3.63, 3.8) is 0 Å². The molecule has 0 amide bonds. The van der Waals surface area contributed by atoms with Gasteiger partial charge in [-0.1, -0.05) is 29.8 Å². The maximum atomic E-state index is 12.4. The van der Waals surface area contributed by atoms with E-state index < -0.39 is 0 Å². The molecule has 3 nitrogen and oxygen atoms in total. The molecule has 3 rings (SSSR count). The van der Waals surface area contributed by atoms with Gasteiger partial charge in [0, 0.05) is 24.4 Å². The Balaban J connectivity index is 1.97. The number of allylic oxidation sites excluding steroid dienone is 3. The van der Waals surface area contributed by atoms with Crippen molar-refractivity contribution >= 4 is 11.5 Å². The number of rotatable bonds is 4. The highest BCUT2D eigenvalue weighted by Crippen LogP contribution is 2.34. The van der Waals surface area contributed by atoms with Gasteiger partial charge in [-0.3, -0.25) is 0 Å². The molecule has 1 aliphatic carbocycles. The Kier molecular flexibility index (Phi) is 5.39. The van der Waals surface area contributed by atoms with Gasteiger partial charge in [-0.15, -0.1) is 0 Å². The number of likely N-dealkylation sites (tertiary alicyclic amines) is 1. The highest BCUT2D eigenvalue weighted by atomic mass is 16.5. The van der Waals surface area contributed by atoms with Crippen molar-refractivity contribution < 1.29 is 9.53 Å². The number of ether oxygens (including phenoxy) is 1. The maximum Gasteiger partial charge on any atom is 0.334 e. The largest absolute Gasteiger partial charge is 0.463 e. The molecular weight excluding hydrogens is 298 g/mol. The molecule has 1 saturated heterocycles. The van der Waals surface area contributed by atoms with Crippen LogP contribution >= 0.6 is 0 Å². The molecular formula is C21H27NO2. The number of esters is 1. The van der Waals surface area contributed by atoms with Crippen molar-refractivity contribution in [2.24, 2.45) is 0 Å². The Morgan fingerprint density at radius 1 is 1.08 bits per heavy atom. The topological polar surface area (TPSA) is 29.5 Å². The van der Waals surface area contributed by atoms with Crippen molar-refractivity contribution in [1.82, 2.24) is 4.90 Å². The van der Waals surface area contributed by atoms with Crippen LogP contribution < -0.4 is 0 Å². The van der Waals surface area contributed by atoms with E-state index in [1.54, 1.807) is 0 Å². The summed E-state index contributed by atoms with van der Waals surface area (Å²) >= 11 is 0. The molecule has 24 heavy (non-hydrogen) atoms. The van der Waals surface area contributed by atoms with Crippen LogP contribution in [0.2, 0.25) is 0 Å². The first-order valence-corrected chi connectivity index (χ1v) is 9.12. The molecule has 1 aromatic carbocycles. The minimum Gasteiger partial charge on any atom is -0.463 e. The molecule has 0 N–H and O–H groups in total. The maximum absolute atomic E-state index is 12.4. The van der Waals surface area contributed by atoms with E-state index in [9.17, 15) is 4.79 Å². The van der Waals surface area contributed by atoms with Crippen molar-refractivity contribution in [3.05, 3.63) is 52.7 Å². The minimum absolute atomic E-state index is 0.165. The normalized spacial score (nSPS) is 18.4. The summed E-state index contributed by atoms with van der Waals surface area (Å²) in [5, 5.41) is 0. The average Bonchev–Trinajstić information content (AvgIpc) is 2.63. The van der Waals surface area contributed by atoms with E-state index in [0.717, 1.165) is 42.6 Å². The average molecular weight is 325 g/mol. The van der Waals surface area contributed by atoms with Gasteiger partial charge in [0.05, 0.1) is 6.61 Å². The third-order valence-electron chi connectivity index (χ3n) is 4.91. The smallest absolute Gasteiger partial charge is 0.334 e. The Morgan fingerprint density at radius 2 is 1.79 bits per heavy atom. The highest BCUT2D eigenvalue weighted by Gasteiger charge is 2.24. The first-order valence-electron chi connectivity index (χ1n) is 9.12. The lowest BCUT2D eigenvalue weighted by Crippen LogP contribution is -2.30. The molecule has 3 heteroatoms. The number of carbonyl (C=O) groups is 1. The SMILES string of the molecule is CCOC(=O)C1=C(c2ccc(C)cc2)C=C(N2CCCCC2)CC1. The van der Waals surface area contributed by atoms with Crippen LogP contribution in [0, 0.1) is 6.92 Å². The van der Waals surface area contributed by atoms with Gasteiger partial charge in [0.1, 0.15) is 0 Å². The van der Waals surface area contributed by atoms with E-state index in [0.29, 0.717) is 6.61 Å². The highest BCUT2D eigenvalue weighted by molar-refractivity contribution is 6.00. The predicted octanol–water partition coefficient (Wildman–Crippen LogP) is 4.48. The second kappa shape index (κ2) is 7.69. The summed E-state index contributed by atoms with van der Waals surface area (Å²) in [4.78, 5) is 14.9. The third kappa shape index (κ3) is 3.72. The fourth-order valence-corrected chi connectivity index (χ4v) is 3.57. The quantitative estimate of drug-likeness (QED) is 0.765. The van der Waals surface area contributed by atoms with Gasteiger partial charge in [0.15, 0.2) is 0 Å². The van der Waals surface area contributed by atoms with Gasteiger partial charge in [0.25, 0.3) is 0 Å². The van der Waals surface area contributed by atoms with Crippen LogP contribution in [-0.2, 0) is 9.53 Å². The zero-order chi connectivity index (χ0) is 16.9. The zero-order valence-corrected chi connectivity index (χ0v) is 14.8. The van der Waals surface area contributed by atoms with E-state index in [1.165, 1.54) is 30.5 Å². The Hall–Kier alpha value is -2.03. The fourth-order valence-electron chi connectivity index (χ4n) is 3.57. The lowest BCUT2D eigenvalue weighted by atomic mass is 9.89. The number of hydrogen-bond donors (Lipinski definition) is 0. The monoisotopic (exact) mass is 325 g/mol. The summed E-state index contributed by atoms with van der Waals surface area (Å²) in [5.41, 5.74) is 5.57. The van der Waals surface area contributed by atoms with Gasteiger partial charge in [-0.25, -0.2) is 4.79 Å². The molecule has 0 radical (unpaired) electrons. The zero-order valence-electron chi connectivity index (χ0n) is 14.8. The Morgan fingerprint density at radius 3 is 2.46 bits per heavy atom. The summed E-state index contributed by atoms with van der Waals surface area (Å²) in [7, 11) is 0. The van der Waals surface area contributed by atoms with Crippen LogP contribution in [0.4, 0.5) is 0 Å². The summed E-state index contributed by atoms with van der Waals surface area (Å²) in [6.45, 7) is 6.65. The second-order valence-corrected chi connectivity index (χ2v) is 6.66. The molecule has 1 fully saturated rings. The van der Waals surface area contributed by atoms with E-state index >= 15 is 0 Å². The number of benzene rings is 1. The molecule has 0 bridgehead atoms. The van der Waals surface area contributed by atoms with Gasteiger partial charge in [-0.2, -0.15) is 0 Å². The summed E-state index contributed by atoms with van der Waals surface area (Å²) in [6.07, 6.45) is 7.80. The van der Waals surface area contributed by atoms with Crippen LogP contribution in [0.3, 0.4) is 0 Å². The van der Waals surface area contributed by atoms with Gasteiger partial charge in [-0.05, 0) is 63.2 Å². The summed E-state index contributed by atoms with van der Waals surface area (Å²) in [5.74, 6) is -0.165. The molecule has 0 spiro atoms. The molecule has 0 saturated carbocycles. The molecule has 0 aromatic heterocycles. The van der Waals surface area contributed by atoms with Gasteiger partial charge in [0.2, 0.25) is 0 Å². The summed E-state index contributed by atoms with van der Waals surface area (Å²) < 4.78 is 5.30. The first kappa shape index (κ1) is 16.8. The van der Waals surface area contributed by atoms with Crippen LogP contribution in [0.25, 0.3) is 5.57 Å². The predicted molar refractivity (Wildman–Crippen MR) is 97.5 cm³/mol. The van der Waals surface area contributed by atoms with Gasteiger partial charge < -0.3 is 9.64 Å². The third-order valence-corrected chi connectivity index (χ3v) is 4.91. The van der Waals surface area contributed by atoms with Crippen LogP contribution in [-0.4, -0.2) is 30.6 Å². The van der Waals surface area contributed by atoms with Crippen LogP contribution in [0.1, 0.15) is 50.2 Å². The molecule has 128 valence electrons. The van der Waals surface area contributed by atoms with Crippen molar-refractivity contribution in [3.8, 4) is 0 Å². The molecule has 1 aromatic rings. The number of aryl methyl sites for hydroxylation is 1. The molecule has 1 heterocycles.